The Morgan fingerprint density at radius 2 is 1.34 bits per heavy atom. The highest BCUT2D eigenvalue weighted by atomic mass is 31.2. The van der Waals surface area contributed by atoms with E-state index < -0.39 is 29.9 Å². The minimum absolute atomic E-state index is 0.174. The second-order valence-corrected chi connectivity index (χ2v) is 7.52. The number of phosphoric acid groups is 1. The molecular formula is C17H19N2O9P. The van der Waals surface area contributed by atoms with Crippen LogP contribution in [0.1, 0.15) is 11.1 Å². The summed E-state index contributed by atoms with van der Waals surface area (Å²) in [5.74, 6) is 0. The largest absolute Gasteiger partial charge is 0.469 e. The smallest absolute Gasteiger partial charge is 0.375 e. The molecule has 0 amide bonds. The van der Waals surface area contributed by atoms with Crippen LogP contribution in [-0.2, 0) is 26.7 Å². The lowest BCUT2D eigenvalue weighted by Crippen LogP contribution is -2.41. The van der Waals surface area contributed by atoms with E-state index in [1.165, 1.54) is 43.5 Å². The zero-order chi connectivity index (χ0) is 21.7. The first-order valence-corrected chi connectivity index (χ1v) is 9.80. The summed E-state index contributed by atoms with van der Waals surface area (Å²) in [5, 5.41) is 22.7. The Morgan fingerprint density at radius 1 is 0.931 bits per heavy atom. The SMILES string of the molecule is COC(COP(=O)(O)O)(Cc1ccccc1[N+](=O)[O-])Cc1ccccc1[N+](=O)[O-]. The van der Waals surface area contributed by atoms with E-state index in [0.29, 0.717) is 0 Å². The fraction of sp³-hybridized carbons (Fsp3) is 0.294. The van der Waals surface area contributed by atoms with Crippen LogP contribution in [0.4, 0.5) is 11.4 Å². The van der Waals surface area contributed by atoms with Crippen LogP contribution in [0.2, 0.25) is 0 Å². The molecule has 0 aromatic heterocycles. The van der Waals surface area contributed by atoms with Crippen molar-refractivity contribution >= 4 is 19.2 Å². The number of nitro benzene ring substituents is 2. The number of benzene rings is 2. The molecule has 0 saturated heterocycles. The van der Waals surface area contributed by atoms with Gasteiger partial charge in [-0.1, -0.05) is 36.4 Å². The summed E-state index contributed by atoms with van der Waals surface area (Å²) >= 11 is 0. The summed E-state index contributed by atoms with van der Waals surface area (Å²) < 4.78 is 21.4. The topological polar surface area (TPSA) is 162 Å². The van der Waals surface area contributed by atoms with Gasteiger partial charge in [0.15, 0.2) is 0 Å². The summed E-state index contributed by atoms with van der Waals surface area (Å²) in [5.41, 5.74) is -1.49. The molecular weight excluding hydrogens is 407 g/mol. The first-order valence-electron chi connectivity index (χ1n) is 8.27. The molecule has 0 saturated carbocycles. The van der Waals surface area contributed by atoms with E-state index in [4.69, 9.17) is 14.5 Å². The van der Waals surface area contributed by atoms with Crippen LogP contribution < -0.4 is 0 Å². The maximum atomic E-state index is 11.3. The number of nitrogens with zero attached hydrogens (tertiary/aromatic N) is 2. The summed E-state index contributed by atoms with van der Waals surface area (Å²) in [6.45, 7) is -0.647. The average Bonchev–Trinajstić information content (AvgIpc) is 2.66. The minimum Gasteiger partial charge on any atom is -0.375 e. The van der Waals surface area contributed by atoms with Gasteiger partial charge < -0.3 is 14.5 Å². The third-order valence-corrected chi connectivity index (χ3v) is 4.80. The lowest BCUT2D eigenvalue weighted by molar-refractivity contribution is -0.386. The predicted molar refractivity (Wildman–Crippen MR) is 101 cm³/mol. The molecule has 156 valence electrons. The number of phosphoric ester groups is 1. The van der Waals surface area contributed by atoms with Gasteiger partial charge in [-0.05, 0) is 0 Å². The summed E-state index contributed by atoms with van der Waals surface area (Å²) in [6.07, 6.45) is -0.348. The van der Waals surface area contributed by atoms with Crippen molar-refractivity contribution in [3.05, 3.63) is 79.9 Å². The number of rotatable bonds is 10. The molecule has 0 atom stereocenters. The maximum absolute atomic E-state index is 11.3. The number of hydrogen-bond donors (Lipinski definition) is 2. The molecule has 0 aliphatic carbocycles. The molecule has 2 rings (SSSR count). The number of ether oxygens (including phenoxy) is 1. The standard InChI is InChI=1S/C17H19N2O9P/c1-27-17(12-28-29(24,25)26,10-13-6-2-4-8-15(13)18(20)21)11-14-7-3-5-9-16(14)19(22)23/h2-9H,10-12H2,1H3,(H2,24,25,26). The Labute approximate surface area is 165 Å². The van der Waals surface area contributed by atoms with Crippen molar-refractivity contribution in [1.82, 2.24) is 0 Å². The van der Waals surface area contributed by atoms with Crippen molar-refractivity contribution in [2.75, 3.05) is 13.7 Å². The average molecular weight is 426 g/mol. The van der Waals surface area contributed by atoms with Gasteiger partial charge in [0.25, 0.3) is 11.4 Å². The van der Waals surface area contributed by atoms with Crippen molar-refractivity contribution in [1.29, 1.82) is 0 Å². The van der Waals surface area contributed by atoms with E-state index >= 15 is 0 Å². The first kappa shape index (κ1) is 22.6. The number of methoxy groups -OCH3 is 1. The van der Waals surface area contributed by atoms with Gasteiger partial charge >= 0.3 is 7.82 Å². The molecule has 0 spiro atoms. The van der Waals surface area contributed by atoms with Gasteiger partial charge in [0, 0.05) is 43.2 Å². The minimum atomic E-state index is -4.89. The first-order chi connectivity index (χ1) is 13.6. The van der Waals surface area contributed by atoms with Crippen molar-refractivity contribution in [2.45, 2.75) is 18.4 Å². The molecule has 0 unspecified atom stereocenters. The molecule has 2 N–H and O–H groups in total. The fourth-order valence-corrected chi connectivity index (χ4v) is 3.34. The van der Waals surface area contributed by atoms with Crippen molar-refractivity contribution in [3.63, 3.8) is 0 Å². The number of hydrogen-bond acceptors (Lipinski definition) is 7. The van der Waals surface area contributed by atoms with E-state index in [1.54, 1.807) is 12.1 Å². The molecule has 0 radical (unpaired) electrons. The van der Waals surface area contributed by atoms with E-state index in [1.807, 2.05) is 0 Å². The van der Waals surface area contributed by atoms with Crippen molar-refractivity contribution in [3.8, 4) is 0 Å². The quantitative estimate of drug-likeness (QED) is 0.330. The molecule has 0 aliphatic heterocycles. The molecule has 2 aromatic rings. The van der Waals surface area contributed by atoms with Crippen molar-refractivity contribution in [2.24, 2.45) is 0 Å². The second-order valence-electron chi connectivity index (χ2n) is 6.28. The van der Waals surface area contributed by atoms with E-state index in [-0.39, 0.29) is 35.3 Å². The highest BCUT2D eigenvalue weighted by Crippen LogP contribution is 2.39. The molecule has 2 aromatic carbocycles. The van der Waals surface area contributed by atoms with Gasteiger partial charge in [0.05, 0.1) is 16.5 Å². The second kappa shape index (κ2) is 9.21. The summed E-state index contributed by atoms with van der Waals surface area (Å²) in [4.78, 5) is 39.7. The Kier molecular flexibility index (Phi) is 7.17. The van der Waals surface area contributed by atoms with E-state index in [0.717, 1.165) is 0 Å². The van der Waals surface area contributed by atoms with Gasteiger partial charge in [0.1, 0.15) is 5.60 Å². The van der Waals surface area contributed by atoms with Gasteiger partial charge in [-0.15, -0.1) is 0 Å². The zero-order valence-corrected chi connectivity index (χ0v) is 16.2. The maximum Gasteiger partial charge on any atom is 0.469 e. The Balaban J connectivity index is 2.50. The Bertz CT molecular complexity index is 885. The molecule has 29 heavy (non-hydrogen) atoms. The zero-order valence-electron chi connectivity index (χ0n) is 15.3. The van der Waals surface area contributed by atoms with Gasteiger partial charge in [-0.3, -0.25) is 24.8 Å². The van der Waals surface area contributed by atoms with Crippen LogP contribution in [-0.4, -0.2) is 39.0 Å². The molecule has 0 fully saturated rings. The van der Waals surface area contributed by atoms with Gasteiger partial charge in [0.2, 0.25) is 0 Å². The molecule has 0 aliphatic rings. The van der Waals surface area contributed by atoms with Crippen molar-refractivity contribution < 1.29 is 33.5 Å². The van der Waals surface area contributed by atoms with Crippen LogP contribution >= 0.6 is 7.82 Å². The number of nitro groups is 2. The third-order valence-electron chi connectivity index (χ3n) is 4.33. The van der Waals surface area contributed by atoms with Gasteiger partial charge in [-0.25, -0.2) is 4.57 Å². The highest BCUT2D eigenvalue weighted by molar-refractivity contribution is 7.46. The van der Waals surface area contributed by atoms with Crippen LogP contribution in [0.3, 0.4) is 0 Å². The fourth-order valence-electron chi connectivity index (χ4n) is 2.94. The molecule has 12 heteroatoms. The van der Waals surface area contributed by atoms with Crippen LogP contribution in [0.25, 0.3) is 0 Å². The number of para-hydroxylation sites is 2. The molecule has 0 bridgehead atoms. The summed E-state index contributed by atoms with van der Waals surface area (Å²) in [6, 6.07) is 11.6. The third kappa shape index (κ3) is 6.14. The lowest BCUT2D eigenvalue weighted by atomic mass is 9.87. The van der Waals surface area contributed by atoms with Gasteiger partial charge in [-0.2, -0.15) is 0 Å². The monoisotopic (exact) mass is 426 g/mol. The van der Waals surface area contributed by atoms with E-state index in [2.05, 4.69) is 4.52 Å². The Hall–Kier alpha value is -2.69. The van der Waals surface area contributed by atoms with Crippen LogP contribution in [0, 0.1) is 20.2 Å². The predicted octanol–water partition coefficient (Wildman–Crippen LogP) is 2.78. The normalized spacial score (nSPS) is 12.0. The van der Waals surface area contributed by atoms with Crippen LogP contribution in [0.15, 0.2) is 48.5 Å². The van der Waals surface area contributed by atoms with Crippen LogP contribution in [0.5, 0.6) is 0 Å². The lowest BCUT2D eigenvalue weighted by Gasteiger charge is -2.32. The van der Waals surface area contributed by atoms with E-state index in [9.17, 15) is 24.8 Å². The molecule has 0 heterocycles. The Morgan fingerprint density at radius 3 is 1.69 bits per heavy atom. The summed E-state index contributed by atoms with van der Waals surface area (Å²) in [7, 11) is -3.65. The highest BCUT2D eigenvalue weighted by Gasteiger charge is 2.37. The molecule has 11 nitrogen and oxygen atoms in total.